The molecule has 36 heavy (non-hydrogen) atoms. The molecule has 0 radical (unpaired) electrons. The van der Waals surface area contributed by atoms with E-state index in [1.165, 1.54) is 24.3 Å². The summed E-state index contributed by atoms with van der Waals surface area (Å²) in [6.07, 6.45) is 1.60. The Balaban J connectivity index is 1.70. The molecule has 5 N–H and O–H groups in total. The van der Waals surface area contributed by atoms with Gasteiger partial charge in [-0.3, -0.25) is 9.69 Å². The van der Waals surface area contributed by atoms with Gasteiger partial charge in [-0.2, -0.15) is 0 Å². The smallest absolute Gasteiger partial charge is 0.219 e. The highest BCUT2D eigenvalue weighted by atomic mass is 35.5. The average molecular weight is 517 g/mol. The number of benzene rings is 2. The summed E-state index contributed by atoms with van der Waals surface area (Å²) in [6, 6.07) is 9.66. The number of nitrogens with two attached hydrogens (primary N) is 2. The van der Waals surface area contributed by atoms with Crippen molar-refractivity contribution in [2.75, 3.05) is 11.9 Å². The summed E-state index contributed by atoms with van der Waals surface area (Å²) in [6.45, 7) is 1.44. The average Bonchev–Trinajstić information content (AvgIpc) is 3.19. The van der Waals surface area contributed by atoms with Crippen molar-refractivity contribution in [3.05, 3.63) is 64.9 Å². The first-order valence-electron chi connectivity index (χ1n) is 11.6. The monoisotopic (exact) mass is 516 g/mol. The van der Waals surface area contributed by atoms with Gasteiger partial charge in [-0.1, -0.05) is 23.7 Å². The molecule has 0 aliphatic carbocycles. The van der Waals surface area contributed by atoms with E-state index in [2.05, 4.69) is 10.2 Å². The van der Waals surface area contributed by atoms with Crippen molar-refractivity contribution >= 4 is 35.3 Å². The number of fused-ring (bicyclic) bond motifs is 1. The fourth-order valence-electron chi connectivity index (χ4n) is 4.58. The van der Waals surface area contributed by atoms with Crippen LogP contribution in [0.25, 0.3) is 11.3 Å². The molecule has 0 spiro atoms. The lowest BCUT2D eigenvalue weighted by Crippen LogP contribution is -2.51. The zero-order valence-corrected chi connectivity index (χ0v) is 20.2. The predicted molar refractivity (Wildman–Crippen MR) is 134 cm³/mol. The zero-order valence-electron chi connectivity index (χ0n) is 19.5. The molecule has 0 saturated carbocycles. The summed E-state index contributed by atoms with van der Waals surface area (Å²) < 4.78 is 30.1. The second-order valence-electron chi connectivity index (χ2n) is 8.76. The number of amides is 1. The van der Waals surface area contributed by atoms with Crippen LogP contribution in [0.5, 0.6) is 0 Å². The molecule has 1 aliphatic heterocycles. The van der Waals surface area contributed by atoms with Crippen LogP contribution in [0.3, 0.4) is 0 Å². The van der Waals surface area contributed by atoms with Gasteiger partial charge in [0.05, 0.1) is 11.6 Å². The van der Waals surface area contributed by atoms with E-state index in [1.807, 2.05) is 4.57 Å². The summed E-state index contributed by atoms with van der Waals surface area (Å²) in [5.41, 5.74) is 13.2. The largest absolute Gasteiger partial charge is 0.370 e. The fourth-order valence-corrected chi connectivity index (χ4v) is 4.70. The van der Waals surface area contributed by atoms with E-state index in [4.69, 9.17) is 28.1 Å². The van der Waals surface area contributed by atoms with Crippen LogP contribution in [0.2, 0.25) is 5.02 Å². The van der Waals surface area contributed by atoms with Crippen LogP contribution in [0.4, 0.5) is 20.3 Å². The number of imidazole rings is 1. The molecule has 3 aromatic rings. The van der Waals surface area contributed by atoms with Crippen LogP contribution in [0.15, 0.2) is 42.5 Å². The Morgan fingerprint density at radius 2 is 2.03 bits per heavy atom. The van der Waals surface area contributed by atoms with Crippen molar-refractivity contribution in [3.63, 3.8) is 0 Å². The third-order valence-electron chi connectivity index (χ3n) is 6.26. The van der Waals surface area contributed by atoms with Crippen LogP contribution in [0.1, 0.15) is 25.1 Å². The Labute approximate surface area is 212 Å². The number of hydrogen-bond donors (Lipinski definition) is 3. The number of anilines is 2. The van der Waals surface area contributed by atoms with Gasteiger partial charge in [0.25, 0.3) is 0 Å². The van der Waals surface area contributed by atoms with Crippen molar-refractivity contribution in [2.45, 2.75) is 44.4 Å². The molecule has 190 valence electrons. The Morgan fingerprint density at radius 3 is 2.72 bits per heavy atom. The minimum atomic E-state index is -0.569. The van der Waals surface area contributed by atoms with Crippen LogP contribution in [0, 0.1) is 11.6 Å². The van der Waals surface area contributed by atoms with Gasteiger partial charge < -0.3 is 26.1 Å². The maximum atomic E-state index is 14.1. The quantitative estimate of drug-likeness (QED) is 0.354. The Bertz CT molecular complexity index is 1270. The summed E-state index contributed by atoms with van der Waals surface area (Å²) >= 11 is 5.83. The van der Waals surface area contributed by atoms with E-state index in [0.29, 0.717) is 61.1 Å². The standard InChI is InChI=1S/C25H27ClF2N6O2/c26-18-7-6-17(12-19(18)28)31-25-24(15-3-1-4-16(27)11-15)32-23-14-33(8-9-34(23)25)21(5-2-10-35)20(29)13-22(30)36/h1,3-4,6-7,10-12,20-21,31H,2,5,8-9,13-14,29H2,(H2,30,36)/t20-,21?/m0/s1. The molecular weight excluding hydrogens is 490 g/mol. The van der Waals surface area contributed by atoms with Crippen molar-refractivity contribution in [1.29, 1.82) is 0 Å². The summed E-state index contributed by atoms with van der Waals surface area (Å²) in [5, 5.41) is 3.23. The number of halogens is 3. The first-order chi connectivity index (χ1) is 17.3. The first-order valence-corrected chi connectivity index (χ1v) is 11.9. The third-order valence-corrected chi connectivity index (χ3v) is 6.57. The Kier molecular flexibility index (Phi) is 7.97. The van der Waals surface area contributed by atoms with E-state index >= 15 is 0 Å². The molecule has 2 aromatic carbocycles. The fraction of sp³-hybridized carbons (Fsp3) is 0.320. The number of nitrogens with zero attached hydrogens (tertiary/aromatic N) is 3. The predicted octanol–water partition coefficient (Wildman–Crippen LogP) is 3.59. The molecule has 1 unspecified atom stereocenters. The van der Waals surface area contributed by atoms with Crippen molar-refractivity contribution in [3.8, 4) is 11.3 Å². The molecule has 2 atom stereocenters. The number of nitrogens with one attached hydrogen (secondary N) is 1. The molecule has 2 heterocycles. The van der Waals surface area contributed by atoms with Crippen LogP contribution < -0.4 is 16.8 Å². The summed E-state index contributed by atoms with van der Waals surface area (Å²) in [4.78, 5) is 29.4. The second-order valence-corrected chi connectivity index (χ2v) is 9.16. The van der Waals surface area contributed by atoms with E-state index in [0.717, 1.165) is 6.29 Å². The molecule has 0 bridgehead atoms. The lowest BCUT2D eigenvalue weighted by Gasteiger charge is -2.37. The molecule has 4 rings (SSSR count). The highest BCUT2D eigenvalue weighted by molar-refractivity contribution is 6.30. The molecule has 1 aromatic heterocycles. The highest BCUT2D eigenvalue weighted by Gasteiger charge is 2.31. The number of aromatic nitrogens is 2. The number of aldehydes is 1. The van der Waals surface area contributed by atoms with Crippen LogP contribution in [-0.4, -0.2) is 45.3 Å². The molecular formula is C25H27ClF2N6O2. The van der Waals surface area contributed by atoms with Crippen molar-refractivity contribution < 1.29 is 18.4 Å². The SMILES string of the molecule is NC(=O)C[C@H](N)C(CCC=O)N1CCn2c(nc(-c3cccc(F)c3)c2Nc2ccc(Cl)c(F)c2)C1. The molecule has 0 fully saturated rings. The van der Waals surface area contributed by atoms with Gasteiger partial charge in [0.15, 0.2) is 0 Å². The van der Waals surface area contributed by atoms with E-state index < -0.39 is 23.6 Å². The molecule has 1 aliphatic rings. The van der Waals surface area contributed by atoms with Gasteiger partial charge in [-0.25, -0.2) is 13.8 Å². The topological polar surface area (TPSA) is 119 Å². The van der Waals surface area contributed by atoms with Gasteiger partial charge in [0, 0.05) is 49.3 Å². The molecule has 1 amide bonds. The number of carbonyl (C=O) groups is 2. The lowest BCUT2D eigenvalue weighted by atomic mass is 9.98. The first kappa shape index (κ1) is 25.7. The van der Waals surface area contributed by atoms with Crippen LogP contribution >= 0.6 is 11.6 Å². The maximum absolute atomic E-state index is 14.1. The van der Waals surface area contributed by atoms with Gasteiger partial charge in [-0.15, -0.1) is 0 Å². The van der Waals surface area contributed by atoms with Crippen molar-refractivity contribution in [1.82, 2.24) is 14.5 Å². The molecule has 8 nitrogen and oxygen atoms in total. The summed E-state index contributed by atoms with van der Waals surface area (Å²) in [7, 11) is 0. The number of primary amides is 1. The van der Waals surface area contributed by atoms with Gasteiger partial charge in [0.2, 0.25) is 5.91 Å². The Morgan fingerprint density at radius 1 is 1.22 bits per heavy atom. The maximum Gasteiger partial charge on any atom is 0.219 e. The van der Waals surface area contributed by atoms with E-state index in [-0.39, 0.29) is 17.5 Å². The third kappa shape index (κ3) is 5.72. The number of carbonyl (C=O) groups excluding carboxylic acids is 2. The van der Waals surface area contributed by atoms with Gasteiger partial charge in [-0.05, 0) is 36.8 Å². The minimum Gasteiger partial charge on any atom is -0.370 e. The van der Waals surface area contributed by atoms with Crippen LogP contribution in [-0.2, 0) is 22.7 Å². The van der Waals surface area contributed by atoms with Crippen molar-refractivity contribution in [2.24, 2.45) is 11.5 Å². The Hall–Kier alpha value is -3.34. The number of hydrogen-bond acceptors (Lipinski definition) is 6. The second kappa shape index (κ2) is 11.2. The molecule has 11 heteroatoms. The molecule has 0 saturated heterocycles. The van der Waals surface area contributed by atoms with Gasteiger partial charge >= 0.3 is 0 Å². The normalized spacial score (nSPS) is 15.2. The zero-order chi connectivity index (χ0) is 25.8. The summed E-state index contributed by atoms with van der Waals surface area (Å²) in [5.74, 6) is -0.218. The van der Waals surface area contributed by atoms with E-state index in [9.17, 15) is 18.4 Å². The minimum absolute atomic E-state index is 0.00204. The lowest BCUT2D eigenvalue weighted by molar-refractivity contribution is -0.118. The number of rotatable bonds is 10. The van der Waals surface area contributed by atoms with E-state index in [1.54, 1.807) is 18.2 Å². The van der Waals surface area contributed by atoms with Gasteiger partial charge in [0.1, 0.15) is 35.3 Å². The highest BCUT2D eigenvalue weighted by Crippen LogP contribution is 2.35.